The zero-order valence-corrected chi connectivity index (χ0v) is 4.16. The Balaban J connectivity index is 3.01. The Morgan fingerprint density at radius 2 is 1.88 bits per heavy atom. The predicted molar refractivity (Wildman–Crippen MR) is 29.8 cm³/mol. The van der Waals surface area contributed by atoms with Gasteiger partial charge in [0.05, 0.1) is 0 Å². The second-order valence-electron chi connectivity index (χ2n) is 1.47. The quantitative estimate of drug-likeness (QED) is 0.533. The number of rotatable bonds is 1. The third-order valence-corrected chi connectivity index (χ3v) is 0.865. The van der Waals surface area contributed by atoms with Crippen molar-refractivity contribution in [2.24, 2.45) is 0 Å². The van der Waals surface area contributed by atoms with Crippen LogP contribution in [0.4, 0.5) is 0 Å². The van der Waals surface area contributed by atoms with Gasteiger partial charge in [0.15, 0.2) is 11.5 Å². The minimum atomic E-state index is -0.00694. The third-order valence-electron chi connectivity index (χ3n) is 0.865. The van der Waals surface area contributed by atoms with Gasteiger partial charge >= 0.3 is 0 Å². The van der Waals surface area contributed by atoms with E-state index in [1.165, 1.54) is 12.1 Å². The van der Waals surface area contributed by atoms with Crippen molar-refractivity contribution in [3.63, 3.8) is 0 Å². The van der Waals surface area contributed by atoms with Crippen molar-refractivity contribution in [3.8, 4) is 11.5 Å². The van der Waals surface area contributed by atoms with Crippen LogP contribution in [0.2, 0.25) is 0 Å². The van der Waals surface area contributed by atoms with Crippen molar-refractivity contribution in [1.82, 2.24) is 0 Å². The number of para-hydroxylation sites is 2. The van der Waals surface area contributed by atoms with Gasteiger partial charge < -0.3 is 10.2 Å². The first-order valence-electron chi connectivity index (χ1n) is 2.66. The highest BCUT2D eigenvalue weighted by Crippen LogP contribution is 2.21. The smallest absolute Gasteiger partial charge is 0.293 e. The molecule has 0 spiro atoms. The minimum absolute atomic E-state index is 0.00694. The van der Waals surface area contributed by atoms with Crippen LogP contribution in [0.3, 0.4) is 0 Å². The van der Waals surface area contributed by atoms with E-state index in [4.69, 9.17) is 6.54 Å². The first-order chi connectivity index (χ1) is 4.34. The van der Waals surface area contributed by atoms with E-state index in [0.717, 1.165) is 0 Å². The summed E-state index contributed by atoms with van der Waals surface area (Å²) >= 11 is 0. The number of benzene rings is 1. The van der Waals surface area contributed by atoms with Gasteiger partial charge in [0.2, 0.25) is 0 Å². The fourth-order valence-electron chi connectivity index (χ4n) is 0.457. The molecule has 0 bridgehead atoms. The van der Waals surface area contributed by atoms with E-state index in [-0.39, 0.29) is 11.5 Å². The van der Waals surface area contributed by atoms with Gasteiger partial charge in [-0.15, -0.1) is 0 Å². The van der Waals surface area contributed by atoms with Crippen LogP contribution < -0.4 is 0 Å². The van der Waals surface area contributed by atoms with Crippen molar-refractivity contribution in [1.29, 1.82) is 1.43 Å². The molecule has 0 radical (unpaired) electrons. The lowest BCUT2D eigenvalue weighted by molar-refractivity contribution is 0.404. The lowest BCUT2D eigenvalue weighted by atomic mass is 10.3. The van der Waals surface area contributed by atoms with Crippen LogP contribution in [-0.4, -0.2) is 11.6 Å². The molecule has 0 atom stereocenters. The molecule has 42 valence electrons. The van der Waals surface area contributed by atoms with Crippen molar-refractivity contribution in [2.75, 3.05) is 0 Å². The molecule has 2 N–H and O–H groups in total. The van der Waals surface area contributed by atoms with Crippen molar-refractivity contribution < 1.29 is 10.2 Å². The fourth-order valence-corrected chi connectivity index (χ4v) is 0.457. The van der Waals surface area contributed by atoms with Crippen LogP contribution >= 0.6 is 0 Å². The van der Waals surface area contributed by atoms with E-state index in [2.05, 4.69) is 5.11 Å². The Morgan fingerprint density at radius 1 is 1.25 bits per heavy atom. The predicted octanol–water partition coefficient (Wildman–Crippen LogP) is 1.10. The average molecular weight is 111 g/mol. The molecule has 0 amide bonds. The zero-order chi connectivity index (χ0) is 6.69. The summed E-state index contributed by atoms with van der Waals surface area (Å²) in [5.74, 6) is 0.171. The maximum atomic E-state index is 8.87. The Labute approximate surface area is 48.5 Å². The maximum absolute atomic E-state index is 8.87. The lowest BCUT2D eigenvalue weighted by Crippen LogP contribution is -1.63. The van der Waals surface area contributed by atoms with Crippen LogP contribution in [0, 0.1) is 0 Å². The van der Waals surface area contributed by atoms with Crippen molar-refractivity contribution >= 4 is 0 Å². The summed E-state index contributed by atoms with van der Waals surface area (Å²) in [5.41, 5.74) is 0. The first kappa shape index (κ1) is 3.78. The van der Waals surface area contributed by atoms with E-state index >= 15 is 0 Å². The Kier molecular flexibility index (Phi) is 0.821. The molecule has 0 aliphatic carbocycles. The minimum Gasteiger partial charge on any atom is -0.504 e. The molecule has 0 aliphatic heterocycles. The van der Waals surface area contributed by atoms with E-state index in [1.807, 2.05) is 0 Å². The Morgan fingerprint density at radius 3 is 2.25 bits per heavy atom. The van der Waals surface area contributed by atoms with Crippen LogP contribution in [0.1, 0.15) is 0 Å². The lowest BCUT2D eigenvalue weighted by Gasteiger charge is -1.91. The number of phenolic OH excluding ortho intramolecular Hbond substituents is 2. The summed E-state index contributed by atoms with van der Waals surface area (Å²) in [6.45, 7) is 0. The van der Waals surface area contributed by atoms with E-state index < -0.39 is 0 Å². The molecule has 0 unspecified atom stereocenters. The van der Waals surface area contributed by atoms with Gasteiger partial charge in [-0.05, 0) is 12.1 Å². The van der Waals surface area contributed by atoms with Gasteiger partial charge in [0.1, 0.15) is 0 Å². The highest BCUT2D eigenvalue weighted by molar-refractivity contribution is 5.36. The number of hydrogen-bond donors (Lipinski definition) is 2. The largest absolute Gasteiger partial charge is 0.504 e. The normalized spacial score (nSPS) is 10.2. The SMILES string of the molecule is [2H]Oc1ccccc1O. The van der Waals surface area contributed by atoms with Crippen LogP contribution in [-0.2, 0) is 0 Å². The van der Waals surface area contributed by atoms with E-state index in [0.29, 0.717) is 0 Å². The molecule has 0 fully saturated rings. The third kappa shape index (κ3) is 0.729. The van der Waals surface area contributed by atoms with Crippen LogP contribution in [0.5, 0.6) is 11.5 Å². The van der Waals surface area contributed by atoms with Gasteiger partial charge in [0.25, 0.3) is 1.43 Å². The molecule has 1 aromatic rings. The summed E-state index contributed by atoms with van der Waals surface area (Å²) < 4.78 is 6.42. The van der Waals surface area contributed by atoms with E-state index in [1.54, 1.807) is 12.1 Å². The second kappa shape index (κ2) is 1.74. The summed E-state index contributed by atoms with van der Waals surface area (Å²) in [6.07, 6.45) is 0. The van der Waals surface area contributed by atoms with Gasteiger partial charge in [-0.25, -0.2) is 0 Å². The molecule has 0 aromatic heterocycles. The molecule has 8 heavy (non-hydrogen) atoms. The van der Waals surface area contributed by atoms with Gasteiger partial charge in [0, 0.05) is 0 Å². The van der Waals surface area contributed by atoms with Gasteiger partial charge in [-0.3, -0.25) is 0 Å². The van der Waals surface area contributed by atoms with Crippen molar-refractivity contribution in [2.45, 2.75) is 0 Å². The van der Waals surface area contributed by atoms with Gasteiger partial charge in [-0.2, -0.15) is 0 Å². The number of hydrogen-bond acceptors (Lipinski definition) is 2. The standard InChI is InChI=1S/C6H6O2/c7-5-3-1-2-4-6(5)8/h1-4,7-8H/i/hD. The Bertz CT molecular complexity index is 200. The molecule has 0 aliphatic rings. The fraction of sp³-hybridized carbons (Fsp3) is 0. The molecule has 0 saturated carbocycles. The molecule has 1 rings (SSSR count). The molecule has 0 heterocycles. The second-order valence-corrected chi connectivity index (χ2v) is 1.47. The summed E-state index contributed by atoms with van der Waals surface area (Å²) in [4.78, 5) is 0. The highest BCUT2D eigenvalue weighted by atomic mass is 16.3. The number of phenols is 2. The molecule has 1 aromatic carbocycles. The maximum Gasteiger partial charge on any atom is 0.293 e. The summed E-state index contributed by atoms with van der Waals surface area (Å²) in [6, 6.07) is 6.33. The van der Waals surface area contributed by atoms with E-state index in [9.17, 15) is 0 Å². The zero-order valence-electron chi connectivity index (χ0n) is 5.16. The molecule has 0 saturated heterocycles. The first-order valence-corrected chi connectivity index (χ1v) is 2.26. The summed E-state index contributed by atoms with van der Waals surface area (Å²) in [7, 11) is 0. The Hall–Kier alpha value is -1.18. The molecule has 2 heteroatoms. The van der Waals surface area contributed by atoms with Gasteiger partial charge in [-0.1, -0.05) is 12.1 Å². The average Bonchev–Trinajstić information content (AvgIpc) is 1.89. The molecular weight excluding hydrogens is 104 g/mol. The highest BCUT2D eigenvalue weighted by Gasteiger charge is 1.90. The van der Waals surface area contributed by atoms with Crippen LogP contribution in [0.15, 0.2) is 24.3 Å². The molecular formula is C6H6O2. The van der Waals surface area contributed by atoms with Crippen molar-refractivity contribution in [3.05, 3.63) is 24.3 Å². The summed E-state index contributed by atoms with van der Waals surface area (Å²) in [5, 5.41) is 12.9. The van der Waals surface area contributed by atoms with Crippen LogP contribution in [0.25, 0.3) is 0 Å². The topological polar surface area (TPSA) is 40.5 Å². The molecule has 2 nitrogen and oxygen atoms in total. The monoisotopic (exact) mass is 111 g/mol. The number of aromatic hydroxyl groups is 2.